The van der Waals surface area contributed by atoms with Crippen LogP contribution in [0.1, 0.15) is 0 Å². The minimum absolute atomic E-state index is 0.562. The lowest BCUT2D eigenvalue weighted by atomic mass is 10.5. The molecule has 15 heavy (non-hydrogen) atoms. The molecular weight excluding hydrogens is 194 g/mol. The molecule has 1 rings (SSSR count). The van der Waals surface area contributed by atoms with E-state index in [2.05, 4.69) is 15.3 Å². The summed E-state index contributed by atoms with van der Waals surface area (Å²) in [5.74, 6) is 1.24. The van der Waals surface area contributed by atoms with E-state index in [9.17, 15) is 0 Å². The molecule has 0 radical (unpaired) electrons. The van der Waals surface area contributed by atoms with Crippen LogP contribution < -0.4 is 10.2 Å². The third-order valence-corrected chi connectivity index (χ3v) is 1.76. The maximum atomic E-state index is 8.67. The molecule has 0 aliphatic heterocycles. The standard InChI is InChI=1S/C9H13N5O/c1-14(6-10)9-5-8(12-7-13-9)11-3-4-15-2/h5,7H,3-4H2,1-2H3,(H,11,12,13). The first-order valence-corrected chi connectivity index (χ1v) is 4.46. The van der Waals surface area contributed by atoms with Crippen molar-refractivity contribution in [2.45, 2.75) is 0 Å². The number of anilines is 2. The van der Waals surface area contributed by atoms with Gasteiger partial charge in [0.15, 0.2) is 6.19 Å². The van der Waals surface area contributed by atoms with Gasteiger partial charge in [0.05, 0.1) is 6.61 Å². The Labute approximate surface area is 88.5 Å². The van der Waals surface area contributed by atoms with E-state index in [1.54, 1.807) is 20.2 Å². The Morgan fingerprint density at radius 1 is 1.60 bits per heavy atom. The first-order valence-electron chi connectivity index (χ1n) is 4.46. The summed E-state index contributed by atoms with van der Waals surface area (Å²) in [6.45, 7) is 1.27. The molecule has 0 saturated heterocycles. The third kappa shape index (κ3) is 3.40. The van der Waals surface area contributed by atoms with Crippen molar-refractivity contribution in [3.8, 4) is 6.19 Å². The van der Waals surface area contributed by atoms with E-state index in [1.807, 2.05) is 6.19 Å². The maximum Gasteiger partial charge on any atom is 0.185 e. The van der Waals surface area contributed by atoms with Crippen molar-refractivity contribution in [2.75, 3.05) is 37.5 Å². The van der Waals surface area contributed by atoms with E-state index in [-0.39, 0.29) is 0 Å². The minimum atomic E-state index is 0.562. The average molecular weight is 207 g/mol. The fourth-order valence-corrected chi connectivity index (χ4v) is 0.960. The molecule has 0 amide bonds. The predicted octanol–water partition coefficient (Wildman–Crippen LogP) is 0.452. The van der Waals surface area contributed by atoms with Crippen molar-refractivity contribution in [3.05, 3.63) is 12.4 Å². The Morgan fingerprint density at radius 3 is 3.07 bits per heavy atom. The normalized spacial score (nSPS) is 9.40. The summed E-state index contributed by atoms with van der Waals surface area (Å²) in [5.41, 5.74) is 0. The van der Waals surface area contributed by atoms with Crippen LogP contribution in [-0.2, 0) is 4.74 Å². The van der Waals surface area contributed by atoms with Crippen LogP contribution in [0, 0.1) is 11.5 Å². The third-order valence-electron chi connectivity index (χ3n) is 1.76. The molecule has 0 aromatic carbocycles. The molecule has 0 saturated carbocycles. The Bertz CT molecular complexity index is 349. The van der Waals surface area contributed by atoms with Crippen LogP contribution >= 0.6 is 0 Å². The molecule has 0 aliphatic rings. The average Bonchev–Trinajstić information content (AvgIpc) is 2.29. The zero-order valence-corrected chi connectivity index (χ0v) is 8.77. The summed E-state index contributed by atoms with van der Waals surface area (Å²) < 4.78 is 4.89. The second-order valence-corrected chi connectivity index (χ2v) is 2.84. The van der Waals surface area contributed by atoms with Crippen molar-refractivity contribution in [1.29, 1.82) is 5.26 Å². The molecule has 6 heteroatoms. The van der Waals surface area contributed by atoms with Gasteiger partial charge in [0.2, 0.25) is 0 Å². The van der Waals surface area contributed by atoms with Crippen molar-refractivity contribution < 1.29 is 4.74 Å². The van der Waals surface area contributed by atoms with Crippen LogP contribution in [0.2, 0.25) is 0 Å². The van der Waals surface area contributed by atoms with Gasteiger partial charge in [-0.15, -0.1) is 0 Å². The minimum Gasteiger partial charge on any atom is -0.383 e. The van der Waals surface area contributed by atoms with E-state index in [4.69, 9.17) is 10.00 Å². The van der Waals surface area contributed by atoms with Crippen LogP contribution in [0.4, 0.5) is 11.6 Å². The van der Waals surface area contributed by atoms with Gasteiger partial charge in [-0.2, -0.15) is 5.26 Å². The number of rotatable bonds is 5. The van der Waals surface area contributed by atoms with Crippen molar-refractivity contribution in [3.63, 3.8) is 0 Å². The highest BCUT2D eigenvalue weighted by Crippen LogP contribution is 2.11. The molecule has 1 aromatic rings. The van der Waals surface area contributed by atoms with Gasteiger partial charge in [-0.1, -0.05) is 0 Å². The Kier molecular flexibility index (Phi) is 4.31. The summed E-state index contributed by atoms with van der Waals surface area (Å²) >= 11 is 0. The molecule has 0 fully saturated rings. The number of nitrogens with one attached hydrogen (secondary N) is 1. The highest BCUT2D eigenvalue weighted by molar-refractivity contribution is 5.50. The van der Waals surface area contributed by atoms with Crippen LogP contribution in [0.5, 0.6) is 0 Å². The van der Waals surface area contributed by atoms with E-state index in [0.29, 0.717) is 24.8 Å². The second kappa shape index (κ2) is 5.78. The van der Waals surface area contributed by atoms with Crippen molar-refractivity contribution in [2.24, 2.45) is 0 Å². The van der Waals surface area contributed by atoms with E-state index in [0.717, 1.165) is 0 Å². The predicted molar refractivity (Wildman–Crippen MR) is 56.4 cm³/mol. The van der Waals surface area contributed by atoms with Crippen molar-refractivity contribution in [1.82, 2.24) is 9.97 Å². The number of hydrogen-bond acceptors (Lipinski definition) is 6. The highest BCUT2D eigenvalue weighted by Gasteiger charge is 2.02. The molecule has 0 bridgehead atoms. The zero-order chi connectivity index (χ0) is 11.1. The molecule has 6 nitrogen and oxygen atoms in total. The van der Waals surface area contributed by atoms with E-state index < -0.39 is 0 Å². The number of hydrogen-bond donors (Lipinski definition) is 1. The molecule has 1 N–H and O–H groups in total. The molecule has 0 aliphatic carbocycles. The Hall–Kier alpha value is -1.87. The van der Waals surface area contributed by atoms with E-state index >= 15 is 0 Å². The summed E-state index contributed by atoms with van der Waals surface area (Å²) in [6, 6.07) is 1.71. The molecular formula is C9H13N5O. The summed E-state index contributed by atoms with van der Waals surface area (Å²) in [7, 11) is 3.28. The van der Waals surface area contributed by atoms with Crippen LogP contribution in [0.15, 0.2) is 12.4 Å². The number of nitriles is 1. The number of aromatic nitrogens is 2. The van der Waals surface area contributed by atoms with Crippen LogP contribution in [-0.4, -0.2) is 37.3 Å². The molecule has 80 valence electrons. The summed E-state index contributed by atoms with van der Waals surface area (Å²) in [6.07, 6.45) is 3.38. The van der Waals surface area contributed by atoms with Gasteiger partial charge in [0.1, 0.15) is 18.0 Å². The number of ether oxygens (including phenoxy) is 1. The number of nitrogens with zero attached hydrogens (tertiary/aromatic N) is 4. The van der Waals surface area contributed by atoms with E-state index in [1.165, 1.54) is 11.2 Å². The molecule has 1 heterocycles. The maximum absolute atomic E-state index is 8.67. The summed E-state index contributed by atoms with van der Waals surface area (Å²) in [4.78, 5) is 9.34. The lowest BCUT2D eigenvalue weighted by Crippen LogP contribution is -2.13. The van der Waals surface area contributed by atoms with Gasteiger partial charge in [-0.25, -0.2) is 9.97 Å². The van der Waals surface area contributed by atoms with Gasteiger partial charge in [-0.3, -0.25) is 4.90 Å². The first-order chi connectivity index (χ1) is 7.27. The van der Waals surface area contributed by atoms with Crippen molar-refractivity contribution >= 4 is 11.6 Å². The fourth-order valence-electron chi connectivity index (χ4n) is 0.960. The molecule has 0 unspecified atom stereocenters. The monoisotopic (exact) mass is 207 g/mol. The topological polar surface area (TPSA) is 74.1 Å². The zero-order valence-electron chi connectivity index (χ0n) is 8.77. The Morgan fingerprint density at radius 2 is 2.40 bits per heavy atom. The quantitative estimate of drug-likeness (QED) is 0.429. The highest BCUT2D eigenvalue weighted by atomic mass is 16.5. The molecule has 0 spiro atoms. The second-order valence-electron chi connectivity index (χ2n) is 2.84. The SMILES string of the molecule is COCCNc1cc(N(C)C#N)ncn1. The number of methoxy groups -OCH3 is 1. The van der Waals surface area contributed by atoms with Gasteiger partial charge in [0.25, 0.3) is 0 Å². The lowest BCUT2D eigenvalue weighted by Gasteiger charge is -2.09. The van der Waals surface area contributed by atoms with Crippen LogP contribution in [0.25, 0.3) is 0 Å². The lowest BCUT2D eigenvalue weighted by molar-refractivity contribution is 0.210. The van der Waals surface area contributed by atoms with Gasteiger partial charge < -0.3 is 10.1 Å². The van der Waals surface area contributed by atoms with Gasteiger partial charge in [0, 0.05) is 26.8 Å². The molecule has 1 aromatic heterocycles. The smallest absolute Gasteiger partial charge is 0.185 e. The largest absolute Gasteiger partial charge is 0.383 e. The van der Waals surface area contributed by atoms with Gasteiger partial charge in [-0.05, 0) is 0 Å². The van der Waals surface area contributed by atoms with Gasteiger partial charge >= 0.3 is 0 Å². The molecule has 0 atom stereocenters. The Balaban J connectivity index is 2.62. The summed E-state index contributed by atoms with van der Waals surface area (Å²) in [5, 5.41) is 11.7. The fraction of sp³-hybridized carbons (Fsp3) is 0.444. The van der Waals surface area contributed by atoms with Crippen LogP contribution in [0.3, 0.4) is 0 Å². The first kappa shape index (κ1) is 11.2.